The predicted molar refractivity (Wildman–Crippen MR) is 56.1 cm³/mol. The highest BCUT2D eigenvalue weighted by Crippen LogP contribution is 2.19. The first-order valence-corrected chi connectivity index (χ1v) is 4.95. The van der Waals surface area contributed by atoms with Gasteiger partial charge in [0, 0.05) is 18.7 Å². The second-order valence-electron chi connectivity index (χ2n) is 3.49. The highest BCUT2D eigenvalue weighted by atomic mass is 16.5. The van der Waals surface area contributed by atoms with Crippen LogP contribution in [-0.2, 0) is 4.74 Å². The minimum Gasteiger partial charge on any atom is -0.393 e. The van der Waals surface area contributed by atoms with Crippen LogP contribution in [0.3, 0.4) is 0 Å². The first kappa shape index (κ1) is 10.8. The predicted octanol–water partition coefficient (Wildman–Crippen LogP) is -0.627. The van der Waals surface area contributed by atoms with E-state index in [2.05, 4.69) is 4.98 Å². The van der Waals surface area contributed by atoms with Gasteiger partial charge in [0.05, 0.1) is 6.61 Å². The fraction of sp³-hybridized carbons (Fsp3) is 0.400. The molecule has 0 spiro atoms. The van der Waals surface area contributed by atoms with E-state index in [1.807, 2.05) is 6.08 Å². The van der Waals surface area contributed by atoms with Crippen LogP contribution in [0, 0.1) is 0 Å². The lowest BCUT2D eigenvalue weighted by Crippen LogP contribution is -2.35. The Morgan fingerprint density at radius 3 is 3.06 bits per heavy atom. The largest absolute Gasteiger partial charge is 0.393 e. The Morgan fingerprint density at radius 2 is 2.38 bits per heavy atom. The van der Waals surface area contributed by atoms with Gasteiger partial charge in [-0.1, -0.05) is 12.2 Å². The van der Waals surface area contributed by atoms with Crippen molar-refractivity contribution in [1.82, 2.24) is 9.55 Å². The third-order valence-corrected chi connectivity index (χ3v) is 2.36. The maximum atomic E-state index is 11.5. The van der Waals surface area contributed by atoms with E-state index in [9.17, 15) is 9.59 Å². The normalized spacial score (nSPS) is 24.6. The van der Waals surface area contributed by atoms with E-state index in [1.165, 1.54) is 16.8 Å². The van der Waals surface area contributed by atoms with E-state index in [1.54, 1.807) is 6.08 Å². The summed E-state index contributed by atoms with van der Waals surface area (Å²) in [4.78, 5) is 24.5. The fourth-order valence-corrected chi connectivity index (χ4v) is 1.59. The Hall–Kier alpha value is -1.66. The maximum absolute atomic E-state index is 11.5. The molecule has 0 saturated carbocycles. The molecule has 0 radical (unpaired) electrons. The molecule has 6 nitrogen and oxygen atoms in total. The van der Waals surface area contributed by atoms with Gasteiger partial charge in [-0.15, -0.1) is 0 Å². The molecule has 16 heavy (non-hydrogen) atoms. The van der Waals surface area contributed by atoms with E-state index >= 15 is 0 Å². The summed E-state index contributed by atoms with van der Waals surface area (Å²) in [6, 6.07) is 1.26. The third-order valence-electron chi connectivity index (χ3n) is 2.36. The molecular weight excluding hydrogens is 212 g/mol. The van der Waals surface area contributed by atoms with Gasteiger partial charge < -0.3 is 9.84 Å². The molecule has 0 aliphatic carbocycles. The molecule has 0 amide bonds. The van der Waals surface area contributed by atoms with E-state index < -0.39 is 23.6 Å². The number of aromatic nitrogens is 2. The van der Waals surface area contributed by atoms with E-state index in [0.29, 0.717) is 6.42 Å². The second kappa shape index (κ2) is 4.46. The number of aliphatic hydroxyl groups is 1. The van der Waals surface area contributed by atoms with Crippen molar-refractivity contribution in [1.29, 1.82) is 0 Å². The van der Waals surface area contributed by atoms with Gasteiger partial charge in [-0.2, -0.15) is 0 Å². The molecule has 2 N–H and O–H groups in total. The van der Waals surface area contributed by atoms with Crippen LogP contribution < -0.4 is 11.2 Å². The monoisotopic (exact) mass is 224 g/mol. The number of aliphatic hydroxyl groups excluding tert-OH is 1. The summed E-state index contributed by atoms with van der Waals surface area (Å²) in [6.07, 6.45) is 4.62. The van der Waals surface area contributed by atoms with Gasteiger partial charge in [0.15, 0.2) is 0 Å². The van der Waals surface area contributed by atoms with Crippen LogP contribution in [0.2, 0.25) is 0 Å². The van der Waals surface area contributed by atoms with Gasteiger partial charge in [0.1, 0.15) is 12.3 Å². The van der Waals surface area contributed by atoms with Gasteiger partial charge in [-0.3, -0.25) is 14.3 Å². The first-order valence-electron chi connectivity index (χ1n) is 4.95. The molecule has 2 heterocycles. The van der Waals surface area contributed by atoms with Crippen LogP contribution in [-0.4, -0.2) is 27.4 Å². The molecule has 0 fully saturated rings. The van der Waals surface area contributed by atoms with E-state index in [0.717, 1.165) is 0 Å². The minimum absolute atomic E-state index is 0.134. The van der Waals surface area contributed by atoms with Crippen LogP contribution >= 0.6 is 0 Å². The molecule has 2 atom stereocenters. The summed E-state index contributed by atoms with van der Waals surface area (Å²) >= 11 is 0. The van der Waals surface area contributed by atoms with Crippen molar-refractivity contribution in [2.45, 2.75) is 18.8 Å². The summed E-state index contributed by atoms with van der Waals surface area (Å²) < 4.78 is 6.75. The zero-order chi connectivity index (χ0) is 11.5. The second-order valence-corrected chi connectivity index (χ2v) is 3.49. The molecule has 1 aromatic heterocycles. The lowest BCUT2D eigenvalue weighted by molar-refractivity contribution is -0.0608. The topological polar surface area (TPSA) is 84.3 Å². The highest BCUT2D eigenvalue weighted by molar-refractivity contribution is 4.96. The number of nitrogens with zero attached hydrogens (tertiary/aromatic N) is 1. The zero-order valence-electron chi connectivity index (χ0n) is 8.50. The molecule has 0 bridgehead atoms. The van der Waals surface area contributed by atoms with Crippen molar-refractivity contribution in [3.05, 3.63) is 45.3 Å². The van der Waals surface area contributed by atoms with Crippen LogP contribution in [0.5, 0.6) is 0 Å². The van der Waals surface area contributed by atoms with E-state index in [-0.39, 0.29) is 6.61 Å². The molecule has 1 aliphatic heterocycles. The Balaban J connectivity index is 2.28. The Kier molecular flexibility index (Phi) is 3.02. The molecule has 1 aromatic rings. The van der Waals surface area contributed by atoms with E-state index in [4.69, 9.17) is 9.84 Å². The summed E-state index contributed by atoms with van der Waals surface area (Å²) in [5.41, 5.74) is -0.948. The number of nitrogens with one attached hydrogen (secondary N) is 1. The molecule has 2 rings (SSSR count). The SMILES string of the molecule is O=c1ccn([C@@H]2CC=C[C@@H](CO)O2)c(=O)[nH]1. The molecule has 86 valence electrons. The van der Waals surface area contributed by atoms with Gasteiger partial charge in [-0.05, 0) is 0 Å². The van der Waals surface area contributed by atoms with Crippen molar-refractivity contribution < 1.29 is 9.84 Å². The van der Waals surface area contributed by atoms with Crippen molar-refractivity contribution >= 4 is 0 Å². The Labute approximate surface area is 90.8 Å². The molecular formula is C10H12N2O4. The third kappa shape index (κ3) is 2.12. The summed E-state index contributed by atoms with van der Waals surface area (Å²) in [6.45, 7) is -0.134. The number of H-pyrrole nitrogens is 1. The maximum Gasteiger partial charge on any atom is 0.330 e. The first-order chi connectivity index (χ1) is 7.70. The Morgan fingerprint density at radius 1 is 1.56 bits per heavy atom. The van der Waals surface area contributed by atoms with Crippen LogP contribution in [0.25, 0.3) is 0 Å². The highest BCUT2D eigenvalue weighted by Gasteiger charge is 2.19. The molecule has 1 aliphatic rings. The Bertz CT molecular complexity index is 502. The van der Waals surface area contributed by atoms with Crippen LogP contribution in [0.15, 0.2) is 34.0 Å². The molecule has 0 aromatic carbocycles. The summed E-state index contributed by atoms with van der Waals surface area (Å²) in [7, 11) is 0. The lowest BCUT2D eigenvalue weighted by atomic mass is 10.2. The molecule has 0 unspecified atom stereocenters. The number of ether oxygens (including phenoxy) is 1. The van der Waals surface area contributed by atoms with Crippen LogP contribution in [0.4, 0.5) is 0 Å². The fourth-order valence-electron chi connectivity index (χ4n) is 1.59. The van der Waals surface area contributed by atoms with Gasteiger partial charge in [0.2, 0.25) is 0 Å². The van der Waals surface area contributed by atoms with Crippen molar-refractivity contribution in [2.75, 3.05) is 6.61 Å². The number of hydrogen-bond donors (Lipinski definition) is 2. The average molecular weight is 224 g/mol. The summed E-state index contributed by atoms with van der Waals surface area (Å²) in [5, 5.41) is 8.95. The van der Waals surface area contributed by atoms with Crippen LogP contribution in [0.1, 0.15) is 12.6 Å². The minimum atomic E-state index is -0.510. The van der Waals surface area contributed by atoms with Crippen molar-refractivity contribution in [2.24, 2.45) is 0 Å². The van der Waals surface area contributed by atoms with Crippen molar-refractivity contribution in [3.8, 4) is 0 Å². The number of hydrogen-bond acceptors (Lipinski definition) is 4. The summed E-state index contributed by atoms with van der Waals surface area (Å²) in [5.74, 6) is 0. The average Bonchev–Trinajstić information content (AvgIpc) is 2.29. The van der Waals surface area contributed by atoms with Gasteiger partial charge >= 0.3 is 5.69 Å². The zero-order valence-corrected chi connectivity index (χ0v) is 8.50. The number of rotatable bonds is 2. The smallest absolute Gasteiger partial charge is 0.330 e. The van der Waals surface area contributed by atoms with Crippen molar-refractivity contribution in [3.63, 3.8) is 0 Å². The quantitative estimate of drug-likeness (QED) is 0.655. The lowest BCUT2D eigenvalue weighted by Gasteiger charge is -2.25. The molecule has 6 heteroatoms. The number of aromatic amines is 1. The standard InChI is InChI=1S/C10H12N2O4/c13-6-7-2-1-3-9(16-7)12-5-4-8(14)11-10(12)15/h1-2,4-5,7,9,13H,3,6H2,(H,11,14,15)/t7-,9-/m0/s1. The van der Waals surface area contributed by atoms with Gasteiger partial charge in [0.25, 0.3) is 5.56 Å². The molecule has 0 saturated heterocycles. The van der Waals surface area contributed by atoms with Gasteiger partial charge in [-0.25, -0.2) is 4.79 Å².